The standard InChI is InChI=1S/C63H60BN3/c1-41-24-59-61-60(25-41)67(53-19-11-12-48(32-53)62-35-42-26-43(36-62)28-44(27-42)37-62)57-33-49(63-38-45-29-46(39-63)31-47(30-45)40-63)20-22-55(57)64(61)56-23-21-54(34-58(56)66(59)52-17-9-4-10-18-52)65(50-13-5-2-6-14-50)51-15-7-3-8-16-51/h2-25,32-34,42-47H,26-31,35-40H2,1H3/i1D3,2D,3D,5D,6D,7D,8D,13D,14D,15D,16D. The molecule has 7 aromatic carbocycles. The average molecular weight is 883 g/mol. The Morgan fingerprint density at radius 2 is 0.970 bits per heavy atom. The van der Waals surface area contributed by atoms with Crippen LogP contribution in [0, 0.1) is 42.4 Å². The number of para-hydroxylation sites is 3. The molecule has 0 unspecified atom stereocenters. The minimum atomic E-state index is -2.54. The third-order valence-electron chi connectivity index (χ3n) is 18.2. The first-order valence-corrected chi connectivity index (χ1v) is 25.0. The fourth-order valence-corrected chi connectivity index (χ4v) is 16.6. The highest BCUT2D eigenvalue weighted by molar-refractivity contribution is 7.00. The molecule has 0 saturated heterocycles. The van der Waals surface area contributed by atoms with Crippen molar-refractivity contribution in [3.8, 4) is 0 Å². The predicted molar refractivity (Wildman–Crippen MR) is 280 cm³/mol. The normalized spacial score (nSPS) is 31.8. The van der Waals surface area contributed by atoms with Gasteiger partial charge in [-0.05, 0) is 242 Å². The lowest BCUT2D eigenvalue weighted by molar-refractivity contribution is -0.00525. The van der Waals surface area contributed by atoms with Crippen LogP contribution < -0.4 is 31.1 Å². The van der Waals surface area contributed by atoms with E-state index in [0.717, 1.165) is 51.2 Å². The molecule has 17 rings (SSSR count). The van der Waals surface area contributed by atoms with E-state index in [1.807, 2.05) is 47.4 Å². The maximum atomic E-state index is 9.29. The number of nitrogens with zero attached hydrogens (tertiary/aromatic N) is 3. The number of hydrogen-bond acceptors (Lipinski definition) is 3. The molecule has 0 amide bonds. The second-order valence-electron chi connectivity index (χ2n) is 22.1. The lowest BCUT2D eigenvalue weighted by Gasteiger charge is -2.57. The Morgan fingerprint density at radius 3 is 1.52 bits per heavy atom. The van der Waals surface area contributed by atoms with Crippen LogP contribution in [0.3, 0.4) is 0 Å². The van der Waals surface area contributed by atoms with Gasteiger partial charge in [-0.25, -0.2) is 0 Å². The van der Waals surface area contributed by atoms with Crippen molar-refractivity contribution in [3.05, 3.63) is 180 Å². The molecule has 67 heavy (non-hydrogen) atoms. The Morgan fingerprint density at radius 1 is 0.478 bits per heavy atom. The van der Waals surface area contributed by atoms with Gasteiger partial charge in [0.15, 0.2) is 0 Å². The summed E-state index contributed by atoms with van der Waals surface area (Å²) in [5, 5.41) is 0. The van der Waals surface area contributed by atoms with Gasteiger partial charge in [-0.1, -0.05) is 84.8 Å². The molecule has 8 saturated carbocycles. The van der Waals surface area contributed by atoms with E-state index in [1.54, 1.807) is 18.2 Å². The molecule has 0 spiro atoms. The molecule has 4 heteroatoms. The SMILES string of the molecule is [2H]c1c([2H])c([2H])c(N(c2ccc3c(c2)N(c2ccccc2)c2cc(C([2H])([2H])[2H])cc4c2B3c2ccc(C35CC6CC(CC(C6)C3)C5)cc2N4c2cccc(C34CC5CC(CC(C5)C3)C4)c2)c2c([2H])c([2H])c([2H])c([2H])c2[2H])c([2H])c1[2H]. The molecule has 0 aromatic heterocycles. The third-order valence-corrected chi connectivity index (χ3v) is 18.2. The summed E-state index contributed by atoms with van der Waals surface area (Å²) in [6.07, 6.45) is 15.1. The zero-order valence-corrected chi connectivity index (χ0v) is 37.7. The van der Waals surface area contributed by atoms with Gasteiger partial charge in [0.25, 0.3) is 6.71 Å². The lowest BCUT2D eigenvalue weighted by atomic mass is 9.33. The van der Waals surface area contributed by atoms with E-state index in [2.05, 4.69) is 47.4 Å². The largest absolute Gasteiger partial charge is 0.311 e. The Bertz CT molecular complexity index is 3610. The molecule has 2 heterocycles. The minimum absolute atomic E-state index is 0.0439. The van der Waals surface area contributed by atoms with Gasteiger partial charge in [-0.15, -0.1) is 0 Å². The van der Waals surface area contributed by atoms with Crippen molar-refractivity contribution in [1.29, 1.82) is 0 Å². The fourth-order valence-electron chi connectivity index (χ4n) is 16.6. The smallest absolute Gasteiger partial charge is 0.252 e. The van der Waals surface area contributed by atoms with Crippen LogP contribution in [0.2, 0.25) is 0 Å². The Labute approximate surface area is 416 Å². The Kier molecular flexibility index (Phi) is 6.14. The predicted octanol–water partition coefficient (Wildman–Crippen LogP) is 14.5. The van der Waals surface area contributed by atoms with Crippen molar-refractivity contribution < 1.29 is 17.8 Å². The maximum Gasteiger partial charge on any atom is 0.252 e. The summed E-state index contributed by atoms with van der Waals surface area (Å²) in [7, 11) is 0. The Hall–Kier alpha value is -6.00. The molecule has 8 bridgehead atoms. The quantitative estimate of drug-likeness (QED) is 0.148. The van der Waals surface area contributed by atoms with Gasteiger partial charge >= 0.3 is 0 Å². The zero-order valence-electron chi connectivity index (χ0n) is 50.7. The number of anilines is 9. The fraction of sp³-hybridized carbons (Fsp3) is 0.333. The average Bonchev–Trinajstić information content (AvgIpc) is 2.07. The van der Waals surface area contributed by atoms with E-state index >= 15 is 0 Å². The van der Waals surface area contributed by atoms with Crippen LogP contribution in [-0.4, -0.2) is 6.71 Å². The highest BCUT2D eigenvalue weighted by Gasteiger charge is 2.54. The number of hydrogen-bond donors (Lipinski definition) is 0. The first kappa shape index (κ1) is 28.4. The van der Waals surface area contributed by atoms with Crippen LogP contribution in [0.1, 0.15) is 112 Å². The molecule has 3 nitrogen and oxygen atoms in total. The van der Waals surface area contributed by atoms with E-state index in [1.165, 1.54) is 93.1 Å². The second-order valence-corrected chi connectivity index (χ2v) is 22.1. The third kappa shape index (κ3) is 5.96. The van der Waals surface area contributed by atoms with Crippen LogP contribution >= 0.6 is 0 Å². The molecule has 2 aliphatic heterocycles. The molecule has 0 atom stereocenters. The number of aryl methyl sites for hydroxylation is 1. The van der Waals surface area contributed by atoms with Crippen LogP contribution in [0.25, 0.3) is 0 Å². The van der Waals surface area contributed by atoms with Crippen LogP contribution in [0.5, 0.6) is 0 Å². The summed E-state index contributed by atoms with van der Waals surface area (Å²) < 4.78 is 117. The van der Waals surface area contributed by atoms with Gasteiger partial charge in [0, 0.05) is 55.3 Å². The van der Waals surface area contributed by atoms with Crippen molar-refractivity contribution in [2.24, 2.45) is 35.5 Å². The van der Waals surface area contributed by atoms with E-state index in [-0.39, 0.29) is 22.1 Å². The van der Waals surface area contributed by atoms with Gasteiger partial charge in [0.2, 0.25) is 0 Å². The van der Waals surface area contributed by atoms with Crippen molar-refractivity contribution >= 4 is 74.3 Å². The maximum absolute atomic E-state index is 9.29. The second kappa shape index (κ2) is 14.5. The van der Waals surface area contributed by atoms with Crippen LogP contribution in [-0.2, 0) is 10.8 Å². The molecule has 8 aliphatic carbocycles. The summed E-state index contributed by atoms with van der Waals surface area (Å²) >= 11 is 0. The monoisotopic (exact) mass is 883 g/mol. The van der Waals surface area contributed by atoms with Gasteiger partial charge in [0.05, 0.1) is 13.7 Å². The van der Waals surface area contributed by atoms with Gasteiger partial charge in [-0.3, -0.25) is 0 Å². The highest BCUT2D eigenvalue weighted by Crippen LogP contribution is 2.63. The van der Waals surface area contributed by atoms with E-state index in [4.69, 9.17) is 8.22 Å². The molecule has 10 aliphatic rings. The zero-order chi connectivity index (χ0) is 55.2. The summed E-state index contributed by atoms with van der Waals surface area (Å²) in [6, 6.07) is 28.8. The van der Waals surface area contributed by atoms with E-state index < -0.39 is 85.4 Å². The number of fused-ring (bicyclic) bond motifs is 4. The van der Waals surface area contributed by atoms with Gasteiger partial charge in [-0.2, -0.15) is 0 Å². The van der Waals surface area contributed by atoms with Crippen LogP contribution in [0.4, 0.5) is 51.2 Å². The summed E-state index contributed by atoms with van der Waals surface area (Å²) in [6.45, 7) is -3.01. The van der Waals surface area contributed by atoms with Crippen molar-refractivity contribution in [2.45, 2.75) is 94.7 Å². The lowest BCUT2D eigenvalue weighted by Crippen LogP contribution is -2.61. The van der Waals surface area contributed by atoms with E-state index in [0.29, 0.717) is 34.8 Å². The first-order valence-electron chi connectivity index (χ1n) is 31.5. The number of benzene rings is 7. The van der Waals surface area contributed by atoms with E-state index in [9.17, 15) is 9.60 Å². The Balaban J connectivity index is 1.01. The minimum Gasteiger partial charge on any atom is -0.311 e. The van der Waals surface area contributed by atoms with Crippen LogP contribution in [0.15, 0.2) is 164 Å². The first-order chi connectivity index (χ1) is 38.3. The summed E-state index contributed by atoms with van der Waals surface area (Å²) in [5.74, 6) is 4.38. The highest BCUT2D eigenvalue weighted by atomic mass is 15.2. The topological polar surface area (TPSA) is 9.72 Å². The number of rotatable bonds is 7. The van der Waals surface area contributed by atoms with Gasteiger partial charge in [0.1, 0.15) is 0 Å². The molecule has 330 valence electrons. The molecular formula is C63H60BN3. The molecule has 7 aromatic rings. The summed E-state index contributed by atoms with van der Waals surface area (Å²) in [4.78, 5) is 5.62. The van der Waals surface area contributed by atoms with Crippen molar-refractivity contribution in [2.75, 3.05) is 14.7 Å². The molecule has 8 fully saturated rings. The van der Waals surface area contributed by atoms with Crippen molar-refractivity contribution in [1.82, 2.24) is 0 Å². The molecule has 0 N–H and O–H groups in total. The summed E-state index contributed by atoms with van der Waals surface area (Å²) in [5.41, 5.74) is 9.93. The molecular weight excluding hydrogens is 810 g/mol. The van der Waals surface area contributed by atoms with Gasteiger partial charge < -0.3 is 14.7 Å². The van der Waals surface area contributed by atoms with Crippen molar-refractivity contribution in [3.63, 3.8) is 0 Å². The molecule has 0 radical (unpaired) electrons.